The standard InChI is InChI=1S/C26H22BNO5/c1-15-10-21(26-22(11-15)25(29)16(2)14-31-26)17(3)32-24-7-5-4-6-20(24)18-8-9-23-19(12-18)13-28-33-27(23)30/h4-14,17,30H,1-3H3/t17-/m1/s1. The van der Waals surface area contributed by atoms with Crippen LogP contribution >= 0.6 is 0 Å². The molecule has 6 nitrogen and oxygen atoms in total. The van der Waals surface area contributed by atoms with Crippen LogP contribution in [0.4, 0.5) is 0 Å². The topological polar surface area (TPSA) is 81.3 Å². The lowest BCUT2D eigenvalue weighted by atomic mass is 9.75. The molecule has 33 heavy (non-hydrogen) atoms. The van der Waals surface area contributed by atoms with E-state index in [1.807, 2.05) is 68.4 Å². The van der Waals surface area contributed by atoms with Crippen molar-refractivity contribution in [2.75, 3.05) is 0 Å². The largest absolute Gasteiger partial charge is 0.583 e. The van der Waals surface area contributed by atoms with Crippen LogP contribution in [0.1, 0.15) is 35.3 Å². The third-order valence-corrected chi connectivity index (χ3v) is 5.86. The molecule has 3 aromatic carbocycles. The van der Waals surface area contributed by atoms with E-state index in [9.17, 15) is 9.82 Å². The van der Waals surface area contributed by atoms with Crippen LogP contribution in [0.25, 0.3) is 22.1 Å². The molecule has 5 rings (SSSR count). The molecule has 0 bridgehead atoms. The Hall–Kier alpha value is -3.84. The average Bonchev–Trinajstić information content (AvgIpc) is 2.81. The fraction of sp³-hybridized carbons (Fsp3) is 0.154. The minimum Gasteiger partial charge on any atom is -0.485 e. The lowest BCUT2D eigenvalue weighted by molar-refractivity contribution is 0.228. The molecule has 0 aliphatic carbocycles. The molecule has 0 spiro atoms. The Morgan fingerprint density at radius 1 is 1.09 bits per heavy atom. The predicted molar refractivity (Wildman–Crippen MR) is 129 cm³/mol. The zero-order valence-corrected chi connectivity index (χ0v) is 18.5. The van der Waals surface area contributed by atoms with Gasteiger partial charge < -0.3 is 18.9 Å². The number of fused-ring (bicyclic) bond motifs is 2. The molecule has 1 aliphatic heterocycles. The number of para-hydroxylation sites is 1. The van der Waals surface area contributed by atoms with Gasteiger partial charge in [-0.25, -0.2) is 0 Å². The van der Waals surface area contributed by atoms with Crippen molar-refractivity contribution >= 4 is 29.8 Å². The monoisotopic (exact) mass is 439 g/mol. The van der Waals surface area contributed by atoms with Gasteiger partial charge in [0.05, 0.1) is 17.9 Å². The molecule has 1 aromatic heterocycles. The fourth-order valence-electron chi connectivity index (χ4n) is 4.16. The van der Waals surface area contributed by atoms with Gasteiger partial charge >= 0.3 is 7.12 Å². The molecule has 0 saturated carbocycles. The van der Waals surface area contributed by atoms with E-state index in [4.69, 9.17) is 13.9 Å². The number of nitrogens with zero attached hydrogens (tertiary/aromatic N) is 1. The van der Waals surface area contributed by atoms with Gasteiger partial charge in [0, 0.05) is 22.2 Å². The molecule has 4 aromatic rings. The number of rotatable bonds is 4. The Bertz CT molecular complexity index is 1460. The maximum absolute atomic E-state index is 12.7. The van der Waals surface area contributed by atoms with Crippen molar-refractivity contribution < 1.29 is 18.9 Å². The number of ether oxygens (including phenoxy) is 1. The second-order valence-electron chi connectivity index (χ2n) is 8.27. The average molecular weight is 439 g/mol. The SMILES string of the molecule is Cc1cc([C@@H](C)Oc2ccccc2-c2ccc3c(c2)C=NOB3O)c2occ(C)c(=O)c2c1. The zero-order valence-electron chi connectivity index (χ0n) is 18.5. The van der Waals surface area contributed by atoms with Crippen LogP contribution in [0.2, 0.25) is 0 Å². The molecule has 0 unspecified atom stereocenters. The first-order chi connectivity index (χ1) is 15.9. The Labute approximate surface area is 191 Å². The molecule has 0 amide bonds. The highest BCUT2D eigenvalue weighted by Gasteiger charge is 2.25. The lowest BCUT2D eigenvalue weighted by Crippen LogP contribution is -2.37. The molecule has 1 atom stereocenters. The number of hydrogen-bond donors (Lipinski definition) is 1. The molecule has 0 radical (unpaired) electrons. The minimum absolute atomic E-state index is 0.0318. The van der Waals surface area contributed by atoms with Crippen molar-refractivity contribution in [1.29, 1.82) is 0 Å². The molecule has 1 aliphatic rings. The summed E-state index contributed by atoms with van der Waals surface area (Å²) in [7, 11) is -1.07. The normalized spacial score (nSPS) is 13.5. The summed E-state index contributed by atoms with van der Waals surface area (Å²) in [6.07, 6.45) is 2.71. The van der Waals surface area contributed by atoms with Gasteiger partial charge in [-0.3, -0.25) is 4.79 Å². The summed E-state index contributed by atoms with van der Waals surface area (Å²) < 4.78 is 17.1. The van der Waals surface area contributed by atoms with Crippen LogP contribution in [-0.2, 0) is 4.76 Å². The van der Waals surface area contributed by atoms with Crippen LogP contribution in [0, 0.1) is 13.8 Å². The maximum atomic E-state index is 12.7. The molecule has 7 heteroatoms. The Morgan fingerprint density at radius 3 is 2.76 bits per heavy atom. The first-order valence-corrected chi connectivity index (χ1v) is 10.7. The number of benzene rings is 3. The second-order valence-corrected chi connectivity index (χ2v) is 8.27. The van der Waals surface area contributed by atoms with Gasteiger partial charge in [-0.05, 0) is 61.7 Å². The van der Waals surface area contributed by atoms with E-state index in [0.717, 1.165) is 27.8 Å². The Morgan fingerprint density at radius 2 is 1.91 bits per heavy atom. The summed E-state index contributed by atoms with van der Waals surface area (Å²) >= 11 is 0. The molecule has 1 N–H and O–H groups in total. The van der Waals surface area contributed by atoms with E-state index in [0.29, 0.717) is 27.7 Å². The minimum atomic E-state index is -1.07. The highest BCUT2D eigenvalue weighted by molar-refractivity contribution is 6.62. The molecular formula is C26H22BNO5. The van der Waals surface area contributed by atoms with E-state index in [1.54, 1.807) is 13.1 Å². The van der Waals surface area contributed by atoms with E-state index in [1.165, 1.54) is 6.26 Å². The van der Waals surface area contributed by atoms with Crippen molar-refractivity contribution in [2.45, 2.75) is 26.9 Å². The molecule has 0 fully saturated rings. The van der Waals surface area contributed by atoms with Crippen molar-refractivity contribution in [3.63, 3.8) is 0 Å². The number of oxime groups is 1. The maximum Gasteiger partial charge on any atom is 0.583 e. The van der Waals surface area contributed by atoms with E-state index in [-0.39, 0.29) is 11.5 Å². The van der Waals surface area contributed by atoms with Crippen LogP contribution in [0.5, 0.6) is 5.75 Å². The highest BCUT2D eigenvalue weighted by atomic mass is 16.6. The second kappa shape index (κ2) is 8.26. The predicted octanol–water partition coefficient (Wildman–Crippen LogP) is 4.27. The number of hydrogen-bond acceptors (Lipinski definition) is 6. The van der Waals surface area contributed by atoms with Crippen LogP contribution < -0.4 is 15.6 Å². The third kappa shape index (κ3) is 3.81. The third-order valence-electron chi connectivity index (χ3n) is 5.86. The van der Waals surface area contributed by atoms with E-state index in [2.05, 4.69) is 5.16 Å². The van der Waals surface area contributed by atoms with E-state index < -0.39 is 7.12 Å². The zero-order chi connectivity index (χ0) is 23.1. The molecular weight excluding hydrogens is 417 g/mol. The van der Waals surface area contributed by atoms with Gasteiger partial charge in [0.1, 0.15) is 17.4 Å². The van der Waals surface area contributed by atoms with Gasteiger partial charge in [-0.1, -0.05) is 30.3 Å². The smallest absolute Gasteiger partial charge is 0.485 e. The quantitative estimate of drug-likeness (QED) is 0.481. The summed E-state index contributed by atoms with van der Waals surface area (Å²) in [6.45, 7) is 5.65. The van der Waals surface area contributed by atoms with Gasteiger partial charge in [0.15, 0.2) is 5.43 Å². The first-order valence-electron chi connectivity index (χ1n) is 10.7. The van der Waals surface area contributed by atoms with Gasteiger partial charge in [-0.15, -0.1) is 5.16 Å². The summed E-state index contributed by atoms with van der Waals surface area (Å²) in [5.74, 6) is 0.693. The summed E-state index contributed by atoms with van der Waals surface area (Å²) in [6, 6.07) is 17.3. The van der Waals surface area contributed by atoms with Gasteiger partial charge in [-0.2, -0.15) is 0 Å². The first kappa shape index (κ1) is 21.0. The van der Waals surface area contributed by atoms with Crippen LogP contribution in [0.15, 0.2) is 75.2 Å². The highest BCUT2D eigenvalue weighted by Crippen LogP contribution is 2.35. The summed E-state index contributed by atoms with van der Waals surface area (Å²) in [5, 5.41) is 14.3. The summed E-state index contributed by atoms with van der Waals surface area (Å²) in [5.41, 5.74) is 6.14. The fourth-order valence-corrected chi connectivity index (χ4v) is 4.16. The van der Waals surface area contributed by atoms with Crippen molar-refractivity contribution in [1.82, 2.24) is 0 Å². The van der Waals surface area contributed by atoms with Crippen molar-refractivity contribution in [2.24, 2.45) is 5.16 Å². The van der Waals surface area contributed by atoms with Crippen molar-refractivity contribution in [3.05, 3.63) is 93.3 Å². The molecule has 2 heterocycles. The van der Waals surface area contributed by atoms with Gasteiger partial charge in [0.2, 0.25) is 0 Å². The van der Waals surface area contributed by atoms with Crippen LogP contribution in [-0.4, -0.2) is 18.4 Å². The molecule has 164 valence electrons. The molecule has 0 saturated heterocycles. The lowest BCUT2D eigenvalue weighted by Gasteiger charge is -2.20. The van der Waals surface area contributed by atoms with Crippen molar-refractivity contribution in [3.8, 4) is 16.9 Å². The van der Waals surface area contributed by atoms with E-state index >= 15 is 0 Å². The van der Waals surface area contributed by atoms with Gasteiger partial charge in [0.25, 0.3) is 0 Å². The number of aryl methyl sites for hydroxylation is 2. The summed E-state index contributed by atoms with van der Waals surface area (Å²) in [4.78, 5) is 12.7. The van der Waals surface area contributed by atoms with Crippen LogP contribution in [0.3, 0.4) is 0 Å². The Balaban J connectivity index is 1.54. The Kier molecular flexibility index (Phi) is 5.26.